The van der Waals surface area contributed by atoms with Crippen molar-refractivity contribution in [2.24, 2.45) is 0 Å². The predicted molar refractivity (Wildman–Crippen MR) is 120 cm³/mol. The van der Waals surface area contributed by atoms with Gasteiger partial charge in [0.25, 0.3) is 0 Å². The number of unbranched alkanes of at least 4 members (excludes halogenated alkanes) is 1. The Hall–Kier alpha value is -2.00. The van der Waals surface area contributed by atoms with Crippen LogP contribution in [-0.4, -0.2) is 37.3 Å². The number of rotatable bonds is 11. The highest BCUT2D eigenvalue weighted by molar-refractivity contribution is 5.31. The molecular weight excluding hydrogens is 358 g/mol. The van der Waals surface area contributed by atoms with Crippen molar-refractivity contribution in [2.45, 2.75) is 58.4 Å². The molecule has 0 unspecified atom stereocenters. The van der Waals surface area contributed by atoms with Gasteiger partial charge in [0.2, 0.25) is 0 Å². The van der Waals surface area contributed by atoms with Gasteiger partial charge in [-0.15, -0.1) is 0 Å². The van der Waals surface area contributed by atoms with Crippen molar-refractivity contribution in [2.75, 3.05) is 32.8 Å². The second-order valence-corrected chi connectivity index (χ2v) is 8.45. The van der Waals surface area contributed by atoms with E-state index in [1.807, 2.05) is 24.3 Å². The zero-order valence-electron chi connectivity index (χ0n) is 18.2. The number of benzene rings is 2. The summed E-state index contributed by atoms with van der Waals surface area (Å²) in [5.74, 6) is 1.88. The Morgan fingerprint density at radius 1 is 0.724 bits per heavy atom. The van der Waals surface area contributed by atoms with E-state index in [2.05, 4.69) is 37.3 Å². The summed E-state index contributed by atoms with van der Waals surface area (Å²) < 4.78 is 13.0. The lowest BCUT2D eigenvalue weighted by Crippen LogP contribution is -2.49. The molecule has 3 nitrogen and oxygen atoms in total. The SMILES string of the molecule is CCCCOc1ccc(OCCC[N+]2(Cc3ccccc3)CCCCCC2)cc1. The molecule has 1 aliphatic heterocycles. The van der Waals surface area contributed by atoms with Crippen LogP contribution < -0.4 is 9.47 Å². The quantitative estimate of drug-likeness (QED) is 0.331. The first-order valence-electron chi connectivity index (χ1n) is 11.5. The molecule has 1 saturated heterocycles. The second-order valence-electron chi connectivity index (χ2n) is 8.45. The first-order chi connectivity index (χ1) is 14.3. The topological polar surface area (TPSA) is 18.5 Å². The molecule has 1 aliphatic rings. The van der Waals surface area contributed by atoms with Gasteiger partial charge in [0, 0.05) is 12.0 Å². The summed E-state index contributed by atoms with van der Waals surface area (Å²) in [6, 6.07) is 19.1. The van der Waals surface area contributed by atoms with Crippen molar-refractivity contribution in [1.82, 2.24) is 0 Å². The lowest BCUT2D eigenvalue weighted by molar-refractivity contribution is -0.940. The van der Waals surface area contributed by atoms with E-state index in [1.165, 1.54) is 55.4 Å². The standard InChI is InChI=1S/C26H38NO2/c1-2-3-21-28-25-14-16-26(17-15-25)29-22-11-20-27(18-9-4-5-10-19-27)23-24-12-7-6-8-13-24/h6-8,12-17H,2-5,9-11,18-23H2,1H3/q+1. The fourth-order valence-corrected chi connectivity index (χ4v) is 4.35. The maximum absolute atomic E-state index is 6.04. The zero-order valence-corrected chi connectivity index (χ0v) is 18.2. The zero-order chi connectivity index (χ0) is 20.2. The van der Waals surface area contributed by atoms with Crippen LogP contribution in [-0.2, 0) is 6.54 Å². The van der Waals surface area contributed by atoms with Gasteiger partial charge < -0.3 is 14.0 Å². The number of hydrogen-bond acceptors (Lipinski definition) is 2. The Labute approximate surface area is 177 Å². The van der Waals surface area contributed by atoms with Crippen LogP contribution in [0.3, 0.4) is 0 Å². The molecule has 29 heavy (non-hydrogen) atoms. The third kappa shape index (κ3) is 7.40. The number of quaternary nitrogens is 1. The van der Waals surface area contributed by atoms with Crippen LogP contribution in [0.5, 0.6) is 11.5 Å². The van der Waals surface area contributed by atoms with Crippen molar-refractivity contribution >= 4 is 0 Å². The van der Waals surface area contributed by atoms with Crippen LogP contribution in [0.2, 0.25) is 0 Å². The molecule has 0 saturated carbocycles. The molecule has 0 spiro atoms. The Kier molecular flexibility index (Phi) is 8.88. The molecule has 0 bridgehead atoms. The highest BCUT2D eigenvalue weighted by atomic mass is 16.5. The maximum atomic E-state index is 6.04. The van der Waals surface area contributed by atoms with Gasteiger partial charge in [-0.1, -0.05) is 43.7 Å². The molecule has 2 aromatic carbocycles. The van der Waals surface area contributed by atoms with E-state index < -0.39 is 0 Å². The van der Waals surface area contributed by atoms with Crippen molar-refractivity contribution in [3.8, 4) is 11.5 Å². The molecule has 1 heterocycles. The van der Waals surface area contributed by atoms with E-state index >= 15 is 0 Å². The summed E-state index contributed by atoms with van der Waals surface area (Å²) in [4.78, 5) is 0. The average Bonchev–Trinajstić information content (AvgIpc) is 2.99. The van der Waals surface area contributed by atoms with Gasteiger partial charge in [-0.2, -0.15) is 0 Å². The van der Waals surface area contributed by atoms with Gasteiger partial charge in [-0.05, 0) is 56.4 Å². The summed E-state index contributed by atoms with van der Waals surface area (Å²) in [7, 11) is 0. The molecule has 3 rings (SSSR count). The fourth-order valence-electron chi connectivity index (χ4n) is 4.35. The summed E-state index contributed by atoms with van der Waals surface area (Å²) in [6.07, 6.45) is 8.84. The molecule has 0 amide bonds. The monoisotopic (exact) mass is 396 g/mol. The Morgan fingerprint density at radius 2 is 1.31 bits per heavy atom. The molecule has 1 fully saturated rings. The van der Waals surface area contributed by atoms with Crippen LogP contribution in [0.25, 0.3) is 0 Å². The van der Waals surface area contributed by atoms with Gasteiger partial charge in [0.1, 0.15) is 18.0 Å². The molecule has 2 aromatic rings. The van der Waals surface area contributed by atoms with Crippen molar-refractivity contribution < 1.29 is 14.0 Å². The number of ether oxygens (including phenoxy) is 2. The van der Waals surface area contributed by atoms with E-state index in [1.54, 1.807) is 0 Å². The second kappa shape index (κ2) is 11.9. The minimum absolute atomic E-state index is 0.783. The van der Waals surface area contributed by atoms with Crippen LogP contribution in [0, 0.1) is 0 Å². The molecule has 0 aliphatic carbocycles. The molecule has 158 valence electrons. The van der Waals surface area contributed by atoms with E-state index in [-0.39, 0.29) is 0 Å². The summed E-state index contributed by atoms with van der Waals surface area (Å²) >= 11 is 0. The largest absolute Gasteiger partial charge is 0.494 e. The average molecular weight is 397 g/mol. The predicted octanol–water partition coefficient (Wildman–Crippen LogP) is 6.23. The number of hydrogen-bond donors (Lipinski definition) is 0. The Bertz CT molecular complexity index is 676. The highest BCUT2D eigenvalue weighted by Crippen LogP contribution is 2.23. The van der Waals surface area contributed by atoms with Crippen molar-refractivity contribution in [3.05, 3.63) is 60.2 Å². The van der Waals surface area contributed by atoms with E-state index in [4.69, 9.17) is 9.47 Å². The van der Waals surface area contributed by atoms with Gasteiger partial charge in [-0.25, -0.2) is 0 Å². The number of likely N-dealkylation sites (tertiary alicyclic amines) is 1. The van der Waals surface area contributed by atoms with Crippen molar-refractivity contribution in [1.29, 1.82) is 0 Å². The lowest BCUT2D eigenvalue weighted by atomic mass is 10.1. The lowest BCUT2D eigenvalue weighted by Gasteiger charge is -2.38. The van der Waals surface area contributed by atoms with Gasteiger partial charge in [0.05, 0.1) is 32.8 Å². The summed E-state index contributed by atoms with van der Waals surface area (Å²) in [6.45, 7) is 8.72. The summed E-state index contributed by atoms with van der Waals surface area (Å²) in [5, 5.41) is 0. The van der Waals surface area contributed by atoms with Crippen molar-refractivity contribution in [3.63, 3.8) is 0 Å². The summed E-state index contributed by atoms with van der Waals surface area (Å²) in [5.41, 5.74) is 1.47. The molecule has 0 aromatic heterocycles. The van der Waals surface area contributed by atoms with E-state index in [0.29, 0.717) is 0 Å². The third-order valence-corrected chi connectivity index (χ3v) is 6.01. The minimum Gasteiger partial charge on any atom is -0.494 e. The van der Waals surface area contributed by atoms with Crippen LogP contribution in [0.4, 0.5) is 0 Å². The molecule has 0 atom stereocenters. The van der Waals surface area contributed by atoms with E-state index in [9.17, 15) is 0 Å². The number of nitrogens with zero attached hydrogens (tertiary/aromatic N) is 1. The molecular formula is C26H38NO2+. The van der Waals surface area contributed by atoms with Gasteiger partial charge in [0.15, 0.2) is 0 Å². The van der Waals surface area contributed by atoms with Crippen LogP contribution >= 0.6 is 0 Å². The van der Waals surface area contributed by atoms with Crippen LogP contribution in [0.15, 0.2) is 54.6 Å². The highest BCUT2D eigenvalue weighted by Gasteiger charge is 2.28. The fraction of sp³-hybridized carbons (Fsp3) is 0.538. The van der Waals surface area contributed by atoms with Crippen LogP contribution in [0.1, 0.15) is 57.4 Å². The van der Waals surface area contributed by atoms with Gasteiger partial charge >= 0.3 is 0 Å². The van der Waals surface area contributed by atoms with Gasteiger partial charge in [-0.3, -0.25) is 0 Å². The first-order valence-corrected chi connectivity index (χ1v) is 11.5. The van der Waals surface area contributed by atoms with E-state index in [0.717, 1.165) is 50.5 Å². The molecule has 3 heteroatoms. The smallest absolute Gasteiger partial charge is 0.119 e. The first kappa shape index (κ1) is 21.7. The Balaban J connectivity index is 1.48. The minimum atomic E-state index is 0.783. The molecule has 0 radical (unpaired) electrons. The Morgan fingerprint density at radius 3 is 1.90 bits per heavy atom. The molecule has 0 N–H and O–H groups in total. The normalized spacial score (nSPS) is 16.2. The third-order valence-electron chi connectivity index (χ3n) is 6.01. The maximum Gasteiger partial charge on any atom is 0.119 e.